The van der Waals surface area contributed by atoms with Crippen LogP contribution in [0.3, 0.4) is 0 Å². The summed E-state index contributed by atoms with van der Waals surface area (Å²) in [4.78, 5) is 0. The Morgan fingerprint density at radius 3 is 2.70 bits per heavy atom. The van der Waals surface area contributed by atoms with Gasteiger partial charge in [0, 0.05) is 11.6 Å². The average molecular weight is 317 g/mol. The first-order valence-corrected chi connectivity index (χ1v) is 6.83. The summed E-state index contributed by atoms with van der Waals surface area (Å²) >= 11 is 0. The van der Waals surface area contributed by atoms with Crippen LogP contribution in [0.25, 0.3) is 22.6 Å². The number of hydrogen-bond acceptors (Lipinski definition) is 4. The predicted octanol–water partition coefficient (Wildman–Crippen LogP) is 3.79. The van der Waals surface area contributed by atoms with Gasteiger partial charge in [-0.1, -0.05) is 17.3 Å². The van der Waals surface area contributed by atoms with Crippen LogP contribution in [0.15, 0.2) is 47.0 Å². The first kappa shape index (κ1) is 15.2. The molecule has 6 heteroatoms. The Labute approximate surface area is 130 Å². The number of methoxy groups -OCH3 is 1. The second-order valence-corrected chi connectivity index (χ2v) is 4.85. The van der Waals surface area contributed by atoms with Crippen LogP contribution in [-0.4, -0.2) is 17.4 Å². The maximum Gasteiger partial charge on any atom is 0.175 e. The summed E-state index contributed by atoms with van der Waals surface area (Å²) in [5.41, 5.74) is 1.40. The van der Waals surface area contributed by atoms with Gasteiger partial charge in [0.05, 0.1) is 24.8 Å². The number of hydrogen-bond donors (Lipinski definition) is 1. The monoisotopic (exact) mass is 317 g/mol. The van der Waals surface area contributed by atoms with Crippen molar-refractivity contribution in [2.45, 2.75) is 6.61 Å². The lowest BCUT2D eigenvalue weighted by Gasteiger charge is -2.04. The molecule has 0 aliphatic carbocycles. The van der Waals surface area contributed by atoms with Crippen molar-refractivity contribution in [2.75, 3.05) is 7.11 Å². The Balaban J connectivity index is 2.13. The molecule has 3 rings (SSSR count). The molecule has 0 atom stereocenters. The molecule has 0 fully saturated rings. The van der Waals surface area contributed by atoms with Gasteiger partial charge in [0.15, 0.2) is 5.76 Å². The van der Waals surface area contributed by atoms with Crippen LogP contribution in [0, 0.1) is 11.6 Å². The fourth-order valence-electron chi connectivity index (χ4n) is 2.34. The fraction of sp³-hybridized carbons (Fsp3) is 0.118. The standard InChI is InChI=1S/C17H13F2NO3/c1-22-12-4-2-3-10(7-12)16-14(9-21)17(23-20-16)13-6-5-11(18)8-15(13)19/h2-8,21H,9H2,1H3. The maximum atomic E-state index is 14.0. The van der Waals surface area contributed by atoms with Gasteiger partial charge >= 0.3 is 0 Å². The molecule has 0 bridgehead atoms. The smallest absolute Gasteiger partial charge is 0.175 e. The molecule has 0 amide bonds. The van der Waals surface area contributed by atoms with Crippen LogP contribution in [0.1, 0.15) is 5.56 Å². The molecule has 2 aromatic carbocycles. The lowest BCUT2D eigenvalue weighted by molar-refractivity contribution is 0.281. The van der Waals surface area contributed by atoms with E-state index in [2.05, 4.69) is 5.16 Å². The van der Waals surface area contributed by atoms with Crippen molar-refractivity contribution in [2.24, 2.45) is 0 Å². The van der Waals surface area contributed by atoms with E-state index in [1.54, 1.807) is 24.3 Å². The number of rotatable bonds is 4. The maximum absolute atomic E-state index is 14.0. The van der Waals surface area contributed by atoms with Gasteiger partial charge in [-0.15, -0.1) is 0 Å². The van der Waals surface area contributed by atoms with Crippen molar-refractivity contribution >= 4 is 0 Å². The molecule has 0 saturated heterocycles. The van der Waals surface area contributed by atoms with Gasteiger partial charge in [0.2, 0.25) is 0 Å². The van der Waals surface area contributed by atoms with E-state index in [0.29, 0.717) is 22.6 Å². The Morgan fingerprint density at radius 1 is 1.17 bits per heavy atom. The van der Waals surface area contributed by atoms with Crippen molar-refractivity contribution in [3.63, 3.8) is 0 Å². The minimum Gasteiger partial charge on any atom is -0.497 e. The third kappa shape index (κ3) is 2.80. The number of nitrogens with zero attached hydrogens (tertiary/aromatic N) is 1. The number of aliphatic hydroxyl groups is 1. The second-order valence-electron chi connectivity index (χ2n) is 4.85. The van der Waals surface area contributed by atoms with E-state index in [9.17, 15) is 13.9 Å². The topological polar surface area (TPSA) is 55.5 Å². The van der Waals surface area contributed by atoms with Gasteiger partial charge in [-0.3, -0.25) is 0 Å². The zero-order valence-corrected chi connectivity index (χ0v) is 12.2. The quantitative estimate of drug-likeness (QED) is 0.795. The minimum atomic E-state index is -0.784. The number of aliphatic hydroxyl groups excluding tert-OH is 1. The van der Waals surface area contributed by atoms with Gasteiger partial charge in [-0.2, -0.15) is 0 Å². The van der Waals surface area contributed by atoms with Crippen molar-refractivity contribution in [3.05, 3.63) is 59.7 Å². The van der Waals surface area contributed by atoms with E-state index in [1.807, 2.05) is 0 Å². The molecule has 0 spiro atoms. The van der Waals surface area contributed by atoms with E-state index in [4.69, 9.17) is 9.26 Å². The minimum absolute atomic E-state index is 0.0390. The van der Waals surface area contributed by atoms with E-state index in [-0.39, 0.29) is 11.3 Å². The predicted molar refractivity (Wildman–Crippen MR) is 79.8 cm³/mol. The van der Waals surface area contributed by atoms with Gasteiger partial charge in [-0.05, 0) is 24.3 Å². The molecule has 1 heterocycles. The normalized spacial score (nSPS) is 10.8. The zero-order valence-electron chi connectivity index (χ0n) is 12.2. The number of ether oxygens (including phenoxy) is 1. The van der Waals surface area contributed by atoms with E-state index < -0.39 is 18.2 Å². The van der Waals surface area contributed by atoms with E-state index >= 15 is 0 Å². The van der Waals surface area contributed by atoms with Crippen molar-refractivity contribution < 1.29 is 23.1 Å². The average Bonchev–Trinajstić information content (AvgIpc) is 2.98. The highest BCUT2D eigenvalue weighted by Crippen LogP contribution is 2.34. The van der Waals surface area contributed by atoms with Crippen molar-refractivity contribution in [1.29, 1.82) is 0 Å². The molecule has 3 aromatic rings. The molecule has 1 N–H and O–H groups in total. The Morgan fingerprint density at radius 2 is 2.00 bits per heavy atom. The van der Waals surface area contributed by atoms with E-state index in [1.165, 1.54) is 13.2 Å². The van der Waals surface area contributed by atoms with Crippen LogP contribution in [0.4, 0.5) is 8.78 Å². The highest BCUT2D eigenvalue weighted by Gasteiger charge is 2.21. The second kappa shape index (κ2) is 6.18. The molecular weight excluding hydrogens is 304 g/mol. The number of halogens is 2. The van der Waals surface area contributed by atoms with Crippen LogP contribution < -0.4 is 4.74 Å². The number of benzene rings is 2. The summed E-state index contributed by atoms with van der Waals surface area (Å²) in [5.74, 6) is -0.788. The number of aromatic nitrogens is 1. The molecule has 0 saturated carbocycles. The van der Waals surface area contributed by atoms with Crippen LogP contribution in [-0.2, 0) is 6.61 Å². The molecular formula is C17H13F2NO3. The highest BCUT2D eigenvalue weighted by atomic mass is 19.1. The Kier molecular flexibility index (Phi) is 4.08. The molecule has 1 aromatic heterocycles. The summed E-state index contributed by atoms with van der Waals surface area (Å²) in [6, 6.07) is 10.1. The third-order valence-corrected chi connectivity index (χ3v) is 3.47. The molecule has 0 aliphatic rings. The molecule has 118 valence electrons. The molecule has 0 radical (unpaired) electrons. The highest BCUT2D eigenvalue weighted by molar-refractivity contribution is 5.73. The van der Waals surface area contributed by atoms with Crippen LogP contribution in [0.5, 0.6) is 5.75 Å². The molecule has 0 unspecified atom stereocenters. The van der Waals surface area contributed by atoms with Crippen LogP contribution >= 0.6 is 0 Å². The summed E-state index contributed by atoms with van der Waals surface area (Å²) in [6.07, 6.45) is 0. The first-order chi connectivity index (χ1) is 11.1. The van der Waals surface area contributed by atoms with Crippen LogP contribution in [0.2, 0.25) is 0 Å². The Hall–Kier alpha value is -2.73. The fourth-order valence-corrected chi connectivity index (χ4v) is 2.34. The zero-order chi connectivity index (χ0) is 16.4. The van der Waals surface area contributed by atoms with Gasteiger partial charge in [0.1, 0.15) is 23.1 Å². The molecule has 4 nitrogen and oxygen atoms in total. The van der Waals surface area contributed by atoms with Gasteiger partial charge in [-0.25, -0.2) is 8.78 Å². The van der Waals surface area contributed by atoms with Crippen molar-refractivity contribution in [3.8, 4) is 28.3 Å². The molecule has 0 aliphatic heterocycles. The van der Waals surface area contributed by atoms with Gasteiger partial charge < -0.3 is 14.4 Å². The Bertz CT molecular complexity index is 846. The summed E-state index contributed by atoms with van der Waals surface area (Å²) in [7, 11) is 1.54. The SMILES string of the molecule is COc1cccc(-c2noc(-c3ccc(F)cc3F)c2CO)c1. The van der Waals surface area contributed by atoms with Crippen molar-refractivity contribution in [1.82, 2.24) is 5.16 Å². The van der Waals surface area contributed by atoms with E-state index in [0.717, 1.165) is 12.1 Å². The lowest BCUT2D eigenvalue weighted by Crippen LogP contribution is -1.92. The lowest BCUT2D eigenvalue weighted by atomic mass is 10.0. The molecule has 23 heavy (non-hydrogen) atoms. The summed E-state index contributed by atoms with van der Waals surface area (Å²) in [6.45, 7) is -0.401. The first-order valence-electron chi connectivity index (χ1n) is 6.83. The largest absolute Gasteiger partial charge is 0.497 e. The summed E-state index contributed by atoms with van der Waals surface area (Å²) < 4.78 is 37.4. The summed E-state index contributed by atoms with van der Waals surface area (Å²) in [5, 5.41) is 13.6. The van der Waals surface area contributed by atoms with Gasteiger partial charge in [0.25, 0.3) is 0 Å². The third-order valence-electron chi connectivity index (χ3n) is 3.47.